The Hall–Kier alpha value is -0.810. The summed E-state index contributed by atoms with van der Waals surface area (Å²) in [6.07, 6.45) is 6.39. The van der Waals surface area contributed by atoms with E-state index in [0.29, 0.717) is 0 Å². The highest BCUT2D eigenvalue weighted by Gasteiger charge is 2.42. The lowest BCUT2D eigenvalue weighted by Gasteiger charge is -2.16. The van der Waals surface area contributed by atoms with Gasteiger partial charge in [-0.1, -0.05) is 6.92 Å². The Kier molecular flexibility index (Phi) is 5.27. The van der Waals surface area contributed by atoms with Gasteiger partial charge in [0, 0.05) is 37.5 Å². The third kappa shape index (κ3) is 3.85. The third-order valence-corrected chi connectivity index (χ3v) is 4.41. The summed E-state index contributed by atoms with van der Waals surface area (Å²) in [5, 5.41) is 3.09. The first-order chi connectivity index (χ1) is 9.60. The van der Waals surface area contributed by atoms with Crippen molar-refractivity contribution in [3.8, 4) is 0 Å². The lowest BCUT2D eigenvalue weighted by atomic mass is 10.0. The molecular formula is C15H23BrN2O2. The van der Waals surface area contributed by atoms with Gasteiger partial charge < -0.3 is 14.6 Å². The van der Waals surface area contributed by atoms with E-state index in [1.54, 1.807) is 7.11 Å². The Morgan fingerprint density at radius 3 is 2.90 bits per heavy atom. The van der Waals surface area contributed by atoms with E-state index in [1.807, 2.05) is 16.8 Å². The lowest BCUT2D eigenvalue weighted by Crippen LogP contribution is -2.32. The molecule has 0 aromatic carbocycles. The monoisotopic (exact) mass is 342 g/mol. The standard InChI is InChI=1S/C15H23BrN2O2/c1-3-7-18-10-12(16)9-13(18)14(19)17-11-15(4-5-15)6-8-20-2/h9-10H,3-8,11H2,1-2H3,(H,17,19). The third-order valence-electron chi connectivity index (χ3n) is 3.98. The van der Waals surface area contributed by atoms with Crippen LogP contribution in [-0.4, -0.2) is 30.7 Å². The van der Waals surface area contributed by atoms with Gasteiger partial charge in [0.15, 0.2) is 0 Å². The van der Waals surface area contributed by atoms with Crippen molar-refractivity contribution in [1.29, 1.82) is 0 Å². The van der Waals surface area contributed by atoms with Crippen LogP contribution in [-0.2, 0) is 11.3 Å². The maximum atomic E-state index is 12.3. The molecule has 5 heteroatoms. The number of halogens is 1. The van der Waals surface area contributed by atoms with Gasteiger partial charge in [0.2, 0.25) is 0 Å². The maximum Gasteiger partial charge on any atom is 0.267 e. The summed E-state index contributed by atoms with van der Waals surface area (Å²) in [5.41, 5.74) is 1.02. The van der Waals surface area contributed by atoms with Crippen LogP contribution in [0.5, 0.6) is 0 Å². The molecule has 4 nitrogen and oxygen atoms in total. The highest BCUT2D eigenvalue weighted by molar-refractivity contribution is 9.10. The Bertz CT molecular complexity index is 466. The smallest absolute Gasteiger partial charge is 0.267 e. The van der Waals surface area contributed by atoms with E-state index in [2.05, 4.69) is 28.2 Å². The van der Waals surface area contributed by atoms with Crippen LogP contribution in [0.15, 0.2) is 16.7 Å². The van der Waals surface area contributed by atoms with Crippen molar-refractivity contribution < 1.29 is 9.53 Å². The molecule has 1 N–H and O–H groups in total. The van der Waals surface area contributed by atoms with E-state index in [1.165, 1.54) is 12.8 Å². The molecule has 1 saturated carbocycles. The fourth-order valence-electron chi connectivity index (χ4n) is 2.46. The number of rotatable bonds is 8. The zero-order chi connectivity index (χ0) is 14.6. The van der Waals surface area contributed by atoms with Gasteiger partial charge in [0.05, 0.1) is 0 Å². The van der Waals surface area contributed by atoms with Crippen molar-refractivity contribution in [3.63, 3.8) is 0 Å². The van der Waals surface area contributed by atoms with E-state index in [4.69, 9.17) is 4.74 Å². The molecule has 1 fully saturated rings. The van der Waals surface area contributed by atoms with Crippen molar-refractivity contribution in [2.75, 3.05) is 20.3 Å². The van der Waals surface area contributed by atoms with Crippen LogP contribution in [0.1, 0.15) is 43.1 Å². The molecular weight excluding hydrogens is 320 g/mol. The van der Waals surface area contributed by atoms with Crippen LogP contribution >= 0.6 is 15.9 Å². The van der Waals surface area contributed by atoms with E-state index in [9.17, 15) is 4.79 Å². The minimum absolute atomic E-state index is 0.0211. The average molecular weight is 343 g/mol. The van der Waals surface area contributed by atoms with E-state index in [0.717, 1.165) is 42.7 Å². The molecule has 1 heterocycles. The number of nitrogens with zero attached hydrogens (tertiary/aromatic N) is 1. The maximum absolute atomic E-state index is 12.3. The molecule has 112 valence electrons. The summed E-state index contributed by atoms with van der Waals surface area (Å²) in [4.78, 5) is 12.3. The van der Waals surface area contributed by atoms with Crippen molar-refractivity contribution >= 4 is 21.8 Å². The second-order valence-corrected chi connectivity index (χ2v) is 6.58. The quantitative estimate of drug-likeness (QED) is 0.788. The Morgan fingerprint density at radius 2 is 2.30 bits per heavy atom. The van der Waals surface area contributed by atoms with Gasteiger partial charge in [-0.15, -0.1) is 0 Å². The Labute approximate surface area is 129 Å². The van der Waals surface area contributed by atoms with Gasteiger partial charge in [0.1, 0.15) is 5.69 Å². The molecule has 0 aliphatic heterocycles. The zero-order valence-electron chi connectivity index (χ0n) is 12.2. The first kappa shape index (κ1) is 15.6. The number of methoxy groups -OCH3 is 1. The van der Waals surface area contributed by atoms with Crippen LogP contribution in [0.3, 0.4) is 0 Å². The minimum Gasteiger partial charge on any atom is -0.385 e. The normalized spacial score (nSPS) is 16.1. The molecule has 0 radical (unpaired) electrons. The van der Waals surface area contributed by atoms with Gasteiger partial charge in [-0.2, -0.15) is 0 Å². The minimum atomic E-state index is 0.0211. The molecule has 0 bridgehead atoms. The molecule has 20 heavy (non-hydrogen) atoms. The van der Waals surface area contributed by atoms with Gasteiger partial charge in [-0.25, -0.2) is 0 Å². The zero-order valence-corrected chi connectivity index (χ0v) is 13.8. The molecule has 0 atom stereocenters. The highest BCUT2D eigenvalue weighted by Crippen LogP contribution is 2.48. The summed E-state index contributed by atoms with van der Waals surface area (Å²) in [5.74, 6) is 0.0211. The number of hydrogen-bond acceptors (Lipinski definition) is 2. The highest BCUT2D eigenvalue weighted by atomic mass is 79.9. The molecule has 1 aromatic rings. The average Bonchev–Trinajstić information content (AvgIpc) is 3.11. The second kappa shape index (κ2) is 6.76. The van der Waals surface area contributed by atoms with Gasteiger partial charge in [-0.05, 0) is 53.1 Å². The predicted octanol–water partition coefficient (Wildman–Crippen LogP) is 3.21. The Balaban J connectivity index is 1.92. The number of carbonyl (C=O) groups is 1. The molecule has 0 saturated heterocycles. The predicted molar refractivity (Wildman–Crippen MR) is 82.9 cm³/mol. The van der Waals surface area contributed by atoms with Gasteiger partial charge in [-0.3, -0.25) is 4.79 Å². The lowest BCUT2D eigenvalue weighted by molar-refractivity contribution is 0.0928. The number of aryl methyl sites for hydroxylation is 1. The van der Waals surface area contributed by atoms with Crippen molar-refractivity contribution in [1.82, 2.24) is 9.88 Å². The van der Waals surface area contributed by atoms with Crippen molar-refractivity contribution in [2.24, 2.45) is 5.41 Å². The van der Waals surface area contributed by atoms with Crippen molar-refractivity contribution in [3.05, 3.63) is 22.4 Å². The van der Waals surface area contributed by atoms with Gasteiger partial charge in [0.25, 0.3) is 5.91 Å². The van der Waals surface area contributed by atoms with Crippen LogP contribution in [0.2, 0.25) is 0 Å². The fourth-order valence-corrected chi connectivity index (χ4v) is 2.92. The number of hydrogen-bond donors (Lipinski definition) is 1. The molecule has 0 unspecified atom stereocenters. The SMILES string of the molecule is CCCn1cc(Br)cc1C(=O)NCC1(CCOC)CC1. The van der Waals surface area contributed by atoms with Crippen LogP contribution in [0, 0.1) is 5.41 Å². The largest absolute Gasteiger partial charge is 0.385 e. The number of nitrogens with one attached hydrogen (secondary N) is 1. The Morgan fingerprint density at radius 1 is 1.55 bits per heavy atom. The van der Waals surface area contributed by atoms with Crippen LogP contribution in [0.4, 0.5) is 0 Å². The molecule has 0 spiro atoms. The molecule has 1 aliphatic carbocycles. The molecule has 1 aromatic heterocycles. The first-order valence-corrected chi connectivity index (χ1v) is 8.02. The van der Waals surface area contributed by atoms with E-state index >= 15 is 0 Å². The number of carbonyl (C=O) groups excluding carboxylic acids is 1. The number of ether oxygens (including phenoxy) is 1. The second-order valence-electron chi connectivity index (χ2n) is 5.66. The summed E-state index contributed by atoms with van der Waals surface area (Å²) in [6, 6.07) is 1.89. The van der Waals surface area contributed by atoms with E-state index in [-0.39, 0.29) is 11.3 Å². The summed E-state index contributed by atoms with van der Waals surface area (Å²) in [7, 11) is 1.73. The van der Waals surface area contributed by atoms with Crippen LogP contribution < -0.4 is 5.32 Å². The summed E-state index contributed by atoms with van der Waals surface area (Å²) >= 11 is 3.44. The van der Waals surface area contributed by atoms with Gasteiger partial charge >= 0.3 is 0 Å². The number of aromatic nitrogens is 1. The van der Waals surface area contributed by atoms with E-state index < -0.39 is 0 Å². The van der Waals surface area contributed by atoms with Crippen molar-refractivity contribution in [2.45, 2.75) is 39.2 Å². The van der Waals surface area contributed by atoms with Crippen LogP contribution in [0.25, 0.3) is 0 Å². The molecule has 1 aliphatic rings. The summed E-state index contributed by atoms with van der Waals surface area (Å²) < 4.78 is 8.10. The topological polar surface area (TPSA) is 43.3 Å². The first-order valence-electron chi connectivity index (χ1n) is 7.23. The molecule has 1 amide bonds. The fraction of sp³-hybridized carbons (Fsp3) is 0.667. The summed E-state index contributed by atoms with van der Waals surface area (Å²) in [6.45, 7) is 4.50. The molecule has 2 rings (SSSR count). The number of amides is 1.